The maximum absolute atomic E-state index is 13.0. The van der Waals surface area contributed by atoms with Crippen molar-refractivity contribution in [3.05, 3.63) is 29.0 Å². The van der Waals surface area contributed by atoms with Crippen molar-refractivity contribution in [2.45, 2.75) is 12.3 Å². The lowest BCUT2D eigenvalue weighted by atomic mass is 10.3. The van der Waals surface area contributed by atoms with Crippen LogP contribution >= 0.6 is 11.6 Å². The van der Waals surface area contributed by atoms with Crippen LogP contribution in [0.4, 0.5) is 4.39 Å². The molecule has 1 N–H and O–H groups in total. The van der Waals surface area contributed by atoms with E-state index in [0.717, 1.165) is 0 Å². The van der Waals surface area contributed by atoms with Crippen LogP contribution < -0.4 is 0 Å². The van der Waals surface area contributed by atoms with E-state index in [2.05, 4.69) is 4.98 Å². The van der Waals surface area contributed by atoms with Crippen LogP contribution in [0, 0.1) is 0 Å². The summed E-state index contributed by atoms with van der Waals surface area (Å²) in [5, 5.41) is 9.63. The van der Waals surface area contributed by atoms with Gasteiger partial charge in [0, 0.05) is 12.7 Å². The maximum Gasteiger partial charge on any atom is 0.272 e. The zero-order chi connectivity index (χ0) is 11.7. The molecule has 0 saturated carbocycles. The molecule has 86 valence electrons. The van der Waals surface area contributed by atoms with Gasteiger partial charge in [-0.25, -0.2) is 9.37 Å². The molecular formula is C10H10ClFN2O2. The Labute approximate surface area is 96.7 Å². The molecule has 1 aromatic heterocycles. The summed E-state index contributed by atoms with van der Waals surface area (Å²) in [7, 11) is 0. The van der Waals surface area contributed by atoms with Crippen molar-refractivity contribution < 1.29 is 14.3 Å². The van der Waals surface area contributed by atoms with E-state index in [9.17, 15) is 14.3 Å². The minimum Gasteiger partial charge on any atom is -0.388 e. The Balaban J connectivity index is 2.11. The van der Waals surface area contributed by atoms with Crippen LogP contribution in [0.5, 0.6) is 0 Å². The van der Waals surface area contributed by atoms with E-state index in [4.69, 9.17) is 11.6 Å². The van der Waals surface area contributed by atoms with Crippen molar-refractivity contribution in [3.63, 3.8) is 0 Å². The summed E-state index contributed by atoms with van der Waals surface area (Å²) >= 11 is 5.63. The summed E-state index contributed by atoms with van der Waals surface area (Å²) in [4.78, 5) is 16.9. The number of alkyl halides is 1. The molecule has 0 aromatic carbocycles. The first-order chi connectivity index (χ1) is 7.58. The first-order valence-electron chi connectivity index (χ1n) is 4.81. The lowest BCUT2D eigenvalue weighted by molar-refractivity contribution is 0.0758. The highest BCUT2D eigenvalue weighted by Gasteiger charge is 2.34. The fraction of sp³-hybridized carbons (Fsp3) is 0.400. The first kappa shape index (κ1) is 11.3. The van der Waals surface area contributed by atoms with E-state index in [1.165, 1.54) is 17.2 Å². The van der Waals surface area contributed by atoms with Gasteiger partial charge >= 0.3 is 0 Å². The Kier molecular flexibility index (Phi) is 3.07. The van der Waals surface area contributed by atoms with Crippen LogP contribution in [-0.2, 0) is 0 Å². The van der Waals surface area contributed by atoms with Crippen molar-refractivity contribution in [3.8, 4) is 0 Å². The smallest absolute Gasteiger partial charge is 0.272 e. The lowest BCUT2D eigenvalue weighted by Crippen LogP contribution is -2.30. The molecular weight excluding hydrogens is 235 g/mol. The molecule has 2 heterocycles. The molecule has 0 aliphatic carbocycles. The predicted molar refractivity (Wildman–Crippen MR) is 56.1 cm³/mol. The van der Waals surface area contributed by atoms with Crippen molar-refractivity contribution in [1.82, 2.24) is 9.88 Å². The number of halogens is 2. The summed E-state index contributed by atoms with van der Waals surface area (Å²) in [5.74, 6) is -0.393. The molecule has 0 radical (unpaired) electrons. The second kappa shape index (κ2) is 4.35. The molecule has 16 heavy (non-hydrogen) atoms. The van der Waals surface area contributed by atoms with Gasteiger partial charge in [-0.2, -0.15) is 0 Å². The number of aliphatic hydroxyl groups excluding tert-OH is 1. The number of hydrogen-bond acceptors (Lipinski definition) is 3. The molecule has 1 amide bonds. The fourth-order valence-corrected chi connectivity index (χ4v) is 1.69. The average Bonchev–Trinajstić information content (AvgIpc) is 2.59. The minimum atomic E-state index is -1.38. The third kappa shape index (κ3) is 2.15. The zero-order valence-electron chi connectivity index (χ0n) is 8.31. The number of aromatic nitrogens is 1. The zero-order valence-corrected chi connectivity index (χ0v) is 9.06. The number of nitrogens with zero attached hydrogens (tertiary/aromatic N) is 2. The first-order valence-corrected chi connectivity index (χ1v) is 5.18. The Morgan fingerprint density at radius 2 is 2.31 bits per heavy atom. The summed E-state index contributed by atoms with van der Waals surface area (Å²) in [6, 6.07) is 3.02. The molecule has 4 nitrogen and oxygen atoms in total. The Hall–Kier alpha value is -1.20. The number of β-amino-alcohol motifs (C(OH)–C–C–N with tert-alkyl or cyclic N) is 1. The second-order valence-corrected chi connectivity index (χ2v) is 4.09. The molecule has 0 bridgehead atoms. The number of rotatable bonds is 1. The van der Waals surface area contributed by atoms with Crippen LogP contribution in [0.2, 0.25) is 5.02 Å². The number of carbonyl (C=O) groups excluding carboxylic acids is 1. The SMILES string of the molecule is O=C(c1ccc(Cl)cn1)N1C[C@@H](O)[C@H](F)C1. The van der Waals surface area contributed by atoms with Gasteiger partial charge in [-0.3, -0.25) is 4.79 Å². The van der Waals surface area contributed by atoms with Gasteiger partial charge in [0.1, 0.15) is 18.0 Å². The predicted octanol–water partition coefficient (Wildman–Crippen LogP) is 0.890. The summed E-state index contributed by atoms with van der Waals surface area (Å²) < 4.78 is 13.0. The van der Waals surface area contributed by atoms with E-state index >= 15 is 0 Å². The third-order valence-electron chi connectivity index (χ3n) is 2.45. The van der Waals surface area contributed by atoms with Gasteiger partial charge in [-0.1, -0.05) is 11.6 Å². The average molecular weight is 245 g/mol. The highest BCUT2D eigenvalue weighted by atomic mass is 35.5. The summed E-state index contributed by atoms with van der Waals surface area (Å²) in [6.45, 7) is -0.0887. The van der Waals surface area contributed by atoms with Gasteiger partial charge < -0.3 is 10.0 Å². The lowest BCUT2D eigenvalue weighted by Gasteiger charge is -2.14. The van der Waals surface area contributed by atoms with Gasteiger partial charge in [0.2, 0.25) is 0 Å². The molecule has 1 saturated heterocycles. The van der Waals surface area contributed by atoms with E-state index in [-0.39, 0.29) is 18.8 Å². The highest BCUT2D eigenvalue weighted by Crippen LogP contribution is 2.16. The van der Waals surface area contributed by atoms with Gasteiger partial charge in [0.25, 0.3) is 5.91 Å². The van der Waals surface area contributed by atoms with Crippen molar-refractivity contribution in [2.24, 2.45) is 0 Å². The molecule has 2 atom stereocenters. The van der Waals surface area contributed by atoms with E-state index in [0.29, 0.717) is 5.02 Å². The van der Waals surface area contributed by atoms with Crippen LogP contribution in [0.1, 0.15) is 10.5 Å². The molecule has 1 aliphatic rings. The quantitative estimate of drug-likeness (QED) is 0.798. The van der Waals surface area contributed by atoms with E-state index < -0.39 is 18.2 Å². The van der Waals surface area contributed by atoms with Crippen molar-refractivity contribution in [2.75, 3.05) is 13.1 Å². The normalized spacial score (nSPS) is 24.8. The standard InChI is InChI=1S/C10H10ClFN2O2/c11-6-1-2-8(13-3-6)10(16)14-4-7(12)9(15)5-14/h1-3,7,9,15H,4-5H2/t7-,9-/m1/s1. The number of pyridine rings is 1. The molecule has 1 fully saturated rings. The molecule has 0 spiro atoms. The highest BCUT2D eigenvalue weighted by molar-refractivity contribution is 6.30. The van der Waals surface area contributed by atoms with Gasteiger partial charge in [-0.15, -0.1) is 0 Å². The minimum absolute atomic E-state index is 0.00427. The van der Waals surface area contributed by atoms with E-state index in [1.54, 1.807) is 6.07 Å². The van der Waals surface area contributed by atoms with Crippen LogP contribution in [0.25, 0.3) is 0 Å². The number of amides is 1. The van der Waals surface area contributed by atoms with Crippen LogP contribution in [0.3, 0.4) is 0 Å². The van der Waals surface area contributed by atoms with Gasteiger partial charge in [0.15, 0.2) is 0 Å². The Morgan fingerprint density at radius 1 is 1.56 bits per heavy atom. The molecule has 2 rings (SSSR count). The van der Waals surface area contributed by atoms with E-state index in [1.807, 2.05) is 0 Å². The number of hydrogen-bond donors (Lipinski definition) is 1. The number of likely N-dealkylation sites (tertiary alicyclic amines) is 1. The Morgan fingerprint density at radius 3 is 2.81 bits per heavy atom. The topological polar surface area (TPSA) is 53.4 Å². The monoisotopic (exact) mass is 244 g/mol. The van der Waals surface area contributed by atoms with Crippen LogP contribution in [0.15, 0.2) is 18.3 Å². The molecule has 0 unspecified atom stereocenters. The second-order valence-electron chi connectivity index (χ2n) is 3.66. The summed E-state index contributed by atoms with van der Waals surface area (Å²) in [5.41, 5.74) is 0.200. The van der Waals surface area contributed by atoms with Gasteiger partial charge in [-0.05, 0) is 12.1 Å². The van der Waals surface area contributed by atoms with Crippen molar-refractivity contribution in [1.29, 1.82) is 0 Å². The Bertz CT molecular complexity index is 388. The maximum atomic E-state index is 13.0. The fourth-order valence-electron chi connectivity index (χ4n) is 1.58. The number of carbonyl (C=O) groups is 1. The third-order valence-corrected chi connectivity index (χ3v) is 2.68. The molecule has 1 aliphatic heterocycles. The van der Waals surface area contributed by atoms with Gasteiger partial charge in [0.05, 0.1) is 11.6 Å². The summed E-state index contributed by atoms with van der Waals surface area (Å²) in [6.07, 6.45) is -1.12. The number of aliphatic hydroxyl groups is 1. The van der Waals surface area contributed by atoms with Crippen LogP contribution in [-0.4, -0.2) is 46.3 Å². The molecule has 6 heteroatoms. The largest absolute Gasteiger partial charge is 0.388 e. The van der Waals surface area contributed by atoms with Crippen molar-refractivity contribution >= 4 is 17.5 Å². The molecule has 1 aromatic rings.